The fraction of sp³-hybridized carbons (Fsp3) is 0.381. The minimum Gasteiger partial charge on any atom is -0.363 e. The topological polar surface area (TPSA) is 67.4 Å². The predicted molar refractivity (Wildman–Crippen MR) is 103 cm³/mol. The van der Waals surface area contributed by atoms with Gasteiger partial charge in [-0.2, -0.15) is 13.2 Å². The maximum Gasteiger partial charge on any atom is 0.416 e. The molecule has 0 radical (unpaired) electrons. The monoisotopic (exact) mass is 436 g/mol. The number of hydrogen-bond acceptors (Lipinski definition) is 5. The molecular formula is C21H20F4N4O2. The number of halogens is 4. The lowest BCUT2D eigenvalue weighted by molar-refractivity contribution is -0.137. The zero-order valence-corrected chi connectivity index (χ0v) is 16.4. The van der Waals surface area contributed by atoms with Gasteiger partial charge in [-0.05, 0) is 36.6 Å². The molecule has 2 atom stereocenters. The van der Waals surface area contributed by atoms with Crippen LogP contribution in [0.4, 0.5) is 23.5 Å². The normalized spacial score (nSPS) is 22.3. The Balaban J connectivity index is 1.53. The number of likely N-dealkylation sites (tertiary alicyclic amines) is 1. The lowest BCUT2D eigenvalue weighted by Gasteiger charge is -2.26. The first-order chi connectivity index (χ1) is 14.7. The van der Waals surface area contributed by atoms with E-state index in [4.69, 9.17) is 4.74 Å². The molecular weight excluding hydrogens is 416 g/mol. The number of nitrogens with zero attached hydrogens (tertiary/aromatic N) is 3. The number of alkyl halides is 3. The molecule has 2 heterocycles. The number of anilines is 1. The summed E-state index contributed by atoms with van der Waals surface area (Å²) in [6, 6.07) is 4.57. The average molecular weight is 436 g/mol. The van der Waals surface area contributed by atoms with Crippen LogP contribution in [0.3, 0.4) is 0 Å². The van der Waals surface area contributed by atoms with Crippen molar-refractivity contribution in [2.75, 3.05) is 18.4 Å². The first kappa shape index (κ1) is 21.2. The van der Waals surface area contributed by atoms with E-state index in [-0.39, 0.29) is 24.4 Å². The quantitative estimate of drug-likeness (QED) is 0.555. The van der Waals surface area contributed by atoms with E-state index in [0.717, 1.165) is 24.5 Å². The molecule has 0 bridgehead atoms. The van der Waals surface area contributed by atoms with Gasteiger partial charge < -0.3 is 15.0 Å². The van der Waals surface area contributed by atoms with Crippen molar-refractivity contribution in [1.29, 1.82) is 0 Å². The minimum absolute atomic E-state index is 0.187. The van der Waals surface area contributed by atoms with Gasteiger partial charge in [-0.1, -0.05) is 18.7 Å². The molecule has 1 aliphatic carbocycles. The first-order valence-electron chi connectivity index (χ1n) is 9.71. The van der Waals surface area contributed by atoms with Crippen molar-refractivity contribution in [1.82, 2.24) is 14.9 Å². The van der Waals surface area contributed by atoms with Gasteiger partial charge in [0.25, 0.3) is 0 Å². The zero-order valence-electron chi connectivity index (χ0n) is 16.4. The van der Waals surface area contributed by atoms with Gasteiger partial charge in [-0.25, -0.2) is 14.4 Å². The van der Waals surface area contributed by atoms with Crippen molar-refractivity contribution < 1.29 is 27.1 Å². The Kier molecular flexibility index (Phi) is 5.42. The Hall–Kier alpha value is -3.01. The number of nitrogens with one attached hydrogen (secondary N) is 1. The molecule has 1 aliphatic heterocycles. The predicted octanol–water partition coefficient (Wildman–Crippen LogP) is 3.52. The van der Waals surface area contributed by atoms with E-state index < -0.39 is 29.3 Å². The van der Waals surface area contributed by atoms with Gasteiger partial charge in [0.2, 0.25) is 11.9 Å². The highest BCUT2D eigenvalue weighted by Gasteiger charge is 2.50. The van der Waals surface area contributed by atoms with E-state index in [1.54, 1.807) is 4.90 Å². The van der Waals surface area contributed by atoms with Gasteiger partial charge in [-0.3, -0.25) is 4.79 Å². The number of aromatic nitrogens is 2. The molecule has 10 heteroatoms. The van der Waals surface area contributed by atoms with Crippen LogP contribution in [0.1, 0.15) is 24.0 Å². The van der Waals surface area contributed by atoms with Crippen LogP contribution in [0.5, 0.6) is 0 Å². The number of rotatable bonds is 6. The molecule has 1 aromatic carbocycles. The largest absolute Gasteiger partial charge is 0.416 e. The summed E-state index contributed by atoms with van der Waals surface area (Å²) in [5.41, 5.74) is -0.763. The Labute approximate surface area is 175 Å². The average Bonchev–Trinajstić information content (AvgIpc) is 3.43. The third-order valence-electron chi connectivity index (χ3n) is 5.51. The summed E-state index contributed by atoms with van der Waals surface area (Å²) in [7, 11) is 0. The molecule has 6 nitrogen and oxygen atoms in total. The Bertz CT molecular complexity index is 959. The van der Waals surface area contributed by atoms with Crippen LogP contribution in [0.25, 0.3) is 0 Å². The van der Waals surface area contributed by atoms with E-state index in [0.29, 0.717) is 24.9 Å². The van der Waals surface area contributed by atoms with Crippen LogP contribution in [0.2, 0.25) is 0 Å². The van der Waals surface area contributed by atoms with Gasteiger partial charge in [0.05, 0.1) is 35.7 Å². The van der Waals surface area contributed by atoms with Crippen LogP contribution in [0.15, 0.2) is 49.3 Å². The molecule has 31 heavy (non-hydrogen) atoms. The molecule has 1 aromatic heterocycles. The van der Waals surface area contributed by atoms with Crippen LogP contribution >= 0.6 is 0 Å². The molecule has 164 valence electrons. The highest BCUT2D eigenvalue weighted by molar-refractivity contribution is 5.87. The molecule has 1 amide bonds. The van der Waals surface area contributed by atoms with Gasteiger partial charge in [0, 0.05) is 13.1 Å². The lowest BCUT2D eigenvalue weighted by atomic mass is 10.0. The highest BCUT2D eigenvalue weighted by atomic mass is 19.4. The van der Waals surface area contributed by atoms with E-state index in [1.165, 1.54) is 18.2 Å². The lowest BCUT2D eigenvalue weighted by Crippen LogP contribution is -2.37. The highest BCUT2D eigenvalue weighted by Crippen LogP contribution is 2.51. The molecule has 2 fully saturated rings. The van der Waals surface area contributed by atoms with Crippen LogP contribution in [0, 0.1) is 5.82 Å². The maximum absolute atomic E-state index is 13.1. The third kappa shape index (κ3) is 4.53. The summed E-state index contributed by atoms with van der Waals surface area (Å²) in [6.07, 6.45) is -0.307. The van der Waals surface area contributed by atoms with Gasteiger partial charge in [-0.15, -0.1) is 0 Å². The molecule has 2 aliphatic rings. The summed E-state index contributed by atoms with van der Waals surface area (Å²) in [5.74, 6) is -0.656. The Morgan fingerprint density at radius 3 is 2.39 bits per heavy atom. The van der Waals surface area contributed by atoms with Crippen molar-refractivity contribution in [3.8, 4) is 0 Å². The second-order valence-corrected chi connectivity index (χ2v) is 7.65. The van der Waals surface area contributed by atoms with E-state index in [1.807, 2.05) is 0 Å². The summed E-state index contributed by atoms with van der Waals surface area (Å²) in [6.45, 7) is 4.06. The van der Waals surface area contributed by atoms with Crippen molar-refractivity contribution in [2.45, 2.75) is 36.8 Å². The van der Waals surface area contributed by atoms with Crippen molar-refractivity contribution >= 4 is 11.9 Å². The Morgan fingerprint density at radius 1 is 1.19 bits per heavy atom. The van der Waals surface area contributed by atoms with Gasteiger partial charge in [0.1, 0.15) is 0 Å². The summed E-state index contributed by atoms with van der Waals surface area (Å²) in [4.78, 5) is 21.5. The summed E-state index contributed by atoms with van der Waals surface area (Å²) >= 11 is 0. The van der Waals surface area contributed by atoms with E-state index >= 15 is 0 Å². The van der Waals surface area contributed by atoms with E-state index in [2.05, 4.69) is 21.9 Å². The molecule has 0 unspecified atom stereocenters. The van der Waals surface area contributed by atoms with Crippen molar-refractivity contribution in [3.05, 3.63) is 66.3 Å². The van der Waals surface area contributed by atoms with Gasteiger partial charge in [0.15, 0.2) is 5.82 Å². The molecule has 1 N–H and O–H groups in total. The zero-order chi connectivity index (χ0) is 22.2. The standard InChI is InChI=1S/C21H20F4N4O2/c1-2-18(30)29-11-16(28-19-26-9-15(22)10-27-19)17(12-29)31-20(7-8-20)13-3-5-14(6-4-13)21(23,24)25/h2-6,9-10,16-17H,1,7-8,11-12H2,(H,26,27,28)/t16-,17-/m1/s1. The first-order valence-corrected chi connectivity index (χ1v) is 9.71. The molecule has 2 aromatic rings. The number of hydrogen-bond donors (Lipinski definition) is 1. The van der Waals surface area contributed by atoms with Crippen LogP contribution in [-0.2, 0) is 21.3 Å². The Morgan fingerprint density at radius 2 is 1.84 bits per heavy atom. The van der Waals surface area contributed by atoms with Gasteiger partial charge >= 0.3 is 6.18 Å². The second kappa shape index (κ2) is 7.92. The fourth-order valence-corrected chi connectivity index (χ4v) is 3.73. The number of benzene rings is 1. The van der Waals surface area contributed by atoms with E-state index in [9.17, 15) is 22.4 Å². The second-order valence-electron chi connectivity index (χ2n) is 7.65. The van der Waals surface area contributed by atoms with Crippen molar-refractivity contribution in [2.24, 2.45) is 0 Å². The molecule has 1 saturated carbocycles. The maximum atomic E-state index is 13.1. The number of carbonyl (C=O) groups is 1. The summed E-state index contributed by atoms with van der Waals surface area (Å²) in [5, 5.41) is 3.07. The molecule has 4 rings (SSSR count). The van der Waals surface area contributed by atoms with Crippen LogP contribution in [-0.4, -0.2) is 46.0 Å². The molecule has 1 saturated heterocycles. The smallest absolute Gasteiger partial charge is 0.363 e. The number of amides is 1. The molecule has 0 spiro atoms. The SMILES string of the molecule is C=CC(=O)N1C[C@@H](Nc2ncc(F)cn2)[C@H](OC2(c3ccc(C(F)(F)F)cc3)CC2)C1. The fourth-order valence-electron chi connectivity index (χ4n) is 3.73. The number of carbonyl (C=O) groups excluding carboxylic acids is 1. The van der Waals surface area contributed by atoms with Crippen LogP contribution < -0.4 is 5.32 Å². The summed E-state index contributed by atoms with van der Waals surface area (Å²) < 4.78 is 58.1. The third-order valence-corrected chi connectivity index (χ3v) is 5.51. The van der Waals surface area contributed by atoms with Crippen molar-refractivity contribution in [3.63, 3.8) is 0 Å². The minimum atomic E-state index is -4.41. The number of ether oxygens (including phenoxy) is 1.